The van der Waals surface area contributed by atoms with Crippen LogP contribution in [0.4, 0.5) is 11.6 Å². The van der Waals surface area contributed by atoms with E-state index in [-0.39, 0.29) is 0 Å². The molecule has 3 heterocycles. The summed E-state index contributed by atoms with van der Waals surface area (Å²) in [6.45, 7) is 1.93. The van der Waals surface area contributed by atoms with E-state index in [2.05, 4.69) is 36.4 Å². The summed E-state index contributed by atoms with van der Waals surface area (Å²) in [6.07, 6.45) is 8.23. The van der Waals surface area contributed by atoms with Crippen molar-refractivity contribution < 1.29 is 9.47 Å². The van der Waals surface area contributed by atoms with Crippen molar-refractivity contribution in [3.8, 4) is 22.8 Å². The third-order valence-corrected chi connectivity index (χ3v) is 7.19. The van der Waals surface area contributed by atoms with E-state index >= 15 is 0 Å². The molecule has 1 atom stereocenters. The largest absolute Gasteiger partial charge is 0.493 e. The van der Waals surface area contributed by atoms with Gasteiger partial charge in [-0.2, -0.15) is 0 Å². The van der Waals surface area contributed by atoms with E-state index in [1.54, 1.807) is 14.2 Å². The summed E-state index contributed by atoms with van der Waals surface area (Å²) in [5, 5.41) is 1.01. The summed E-state index contributed by atoms with van der Waals surface area (Å²) in [6, 6.07) is 16.3. The molecule has 1 aliphatic heterocycles. The zero-order valence-electron chi connectivity index (χ0n) is 24.7. The number of para-hydroxylation sites is 1. The molecule has 1 fully saturated rings. The van der Waals surface area contributed by atoms with Gasteiger partial charge in [-0.1, -0.05) is 12.1 Å². The average Bonchev–Trinajstić information content (AvgIpc) is 3.46. The Morgan fingerprint density at radius 2 is 1.63 bits per heavy atom. The lowest BCUT2D eigenvalue weighted by Gasteiger charge is -2.27. The van der Waals surface area contributed by atoms with Crippen LogP contribution < -0.4 is 19.3 Å². The Morgan fingerprint density at radius 1 is 0.878 bits per heavy atom. The number of aromatic nitrogens is 4. The number of rotatable bonds is 10. The first-order valence-electron chi connectivity index (χ1n) is 13.8. The Bertz CT molecular complexity index is 1540. The molecule has 2 aromatic carbocycles. The molecule has 0 N–H and O–H groups in total. The lowest BCUT2D eigenvalue weighted by atomic mass is 10.1. The third-order valence-electron chi connectivity index (χ3n) is 7.19. The Morgan fingerprint density at radius 3 is 2.37 bits per heavy atom. The van der Waals surface area contributed by atoms with E-state index < -0.39 is 0 Å². The molecule has 41 heavy (non-hydrogen) atoms. The Kier molecular flexibility index (Phi) is 8.64. The first-order valence-corrected chi connectivity index (χ1v) is 13.8. The molecule has 213 valence electrons. The molecule has 0 saturated carbocycles. The van der Waals surface area contributed by atoms with Gasteiger partial charge in [-0.3, -0.25) is 0 Å². The number of methoxy groups -OCH3 is 2. The van der Waals surface area contributed by atoms with E-state index in [1.807, 2.05) is 73.6 Å². The van der Waals surface area contributed by atoms with E-state index in [4.69, 9.17) is 29.4 Å². The second-order valence-corrected chi connectivity index (χ2v) is 10.6. The van der Waals surface area contributed by atoms with Gasteiger partial charge in [-0.05, 0) is 82.4 Å². The minimum absolute atomic E-state index is 0.314. The average molecular weight is 553 g/mol. The predicted octanol–water partition coefficient (Wildman–Crippen LogP) is 5.08. The fraction of sp³-hybridized carbons (Fsp3) is 0.344. The van der Waals surface area contributed by atoms with Crippen molar-refractivity contribution >= 4 is 34.7 Å². The number of benzene rings is 2. The minimum atomic E-state index is 0.314. The first-order chi connectivity index (χ1) is 19.9. The molecule has 1 radical (unpaired) electrons. The normalized spacial score (nSPS) is 15.3. The predicted molar refractivity (Wildman–Crippen MR) is 167 cm³/mol. The zero-order chi connectivity index (χ0) is 28.9. The molecular formula is C32H38N7O2. The van der Waals surface area contributed by atoms with Gasteiger partial charge >= 0.3 is 0 Å². The van der Waals surface area contributed by atoms with Gasteiger partial charge in [0.2, 0.25) is 0 Å². The molecule has 0 amide bonds. The zero-order valence-corrected chi connectivity index (χ0v) is 24.7. The van der Waals surface area contributed by atoms with Crippen LogP contribution in [0.2, 0.25) is 0 Å². The highest BCUT2D eigenvalue weighted by Crippen LogP contribution is 2.34. The topological polar surface area (TPSA) is 79.7 Å². The van der Waals surface area contributed by atoms with Crippen molar-refractivity contribution in [1.82, 2.24) is 24.8 Å². The number of ether oxygens (including phenoxy) is 2. The van der Waals surface area contributed by atoms with Crippen LogP contribution in [0.3, 0.4) is 0 Å². The summed E-state index contributed by atoms with van der Waals surface area (Å²) in [5.41, 5.74) is 2.62. The van der Waals surface area contributed by atoms with Crippen LogP contribution in [0.25, 0.3) is 34.3 Å². The first kappa shape index (κ1) is 28.3. The number of nitrogens with zero attached hydrogens (tertiary/aromatic N) is 7. The van der Waals surface area contributed by atoms with Crippen LogP contribution in [-0.2, 0) is 0 Å². The van der Waals surface area contributed by atoms with Gasteiger partial charge in [0.1, 0.15) is 11.6 Å². The quantitative estimate of drug-likeness (QED) is 0.268. The maximum absolute atomic E-state index is 5.58. The lowest BCUT2D eigenvalue weighted by Crippen LogP contribution is -2.33. The molecule has 0 bridgehead atoms. The van der Waals surface area contributed by atoms with Crippen molar-refractivity contribution in [3.05, 3.63) is 66.6 Å². The van der Waals surface area contributed by atoms with Gasteiger partial charge < -0.3 is 24.2 Å². The van der Waals surface area contributed by atoms with E-state index in [0.29, 0.717) is 29.2 Å². The molecule has 1 aliphatic rings. The lowest BCUT2D eigenvalue weighted by molar-refractivity contribution is 0.355. The van der Waals surface area contributed by atoms with Crippen molar-refractivity contribution in [3.63, 3.8) is 0 Å². The number of fused-ring (bicyclic) bond motifs is 1. The van der Waals surface area contributed by atoms with Gasteiger partial charge in [0.15, 0.2) is 23.1 Å². The highest BCUT2D eigenvalue weighted by atomic mass is 16.5. The second kappa shape index (κ2) is 12.5. The minimum Gasteiger partial charge on any atom is -0.493 e. The van der Waals surface area contributed by atoms with E-state index in [0.717, 1.165) is 59.7 Å². The maximum Gasteiger partial charge on any atom is 0.161 e. The fourth-order valence-corrected chi connectivity index (χ4v) is 5.11. The summed E-state index contributed by atoms with van der Waals surface area (Å²) in [5.74, 6) is 4.29. The third kappa shape index (κ3) is 6.41. The maximum atomic E-state index is 5.58. The molecule has 5 rings (SSSR count). The Hall–Kier alpha value is -4.24. The van der Waals surface area contributed by atoms with Crippen molar-refractivity contribution in [2.24, 2.45) is 0 Å². The highest BCUT2D eigenvalue weighted by molar-refractivity contribution is 5.90. The SMILES string of the molecule is COc1ccc(-c2cc(N3CC[CH]C3CCN(C)C)nc(C=Cc3nc(N(C)C)c4ccccc4n3)n2)cc1OC. The molecule has 1 unspecified atom stereocenters. The monoisotopic (exact) mass is 552 g/mol. The van der Waals surface area contributed by atoms with Crippen LogP contribution in [0.5, 0.6) is 11.5 Å². The van der Waals surface area contributed by atoms with Gasteiger partial charge in [0, 0.05) is 43.7 Å². The van der Waals surface area contributed by atoms with E-state index in [1.165, 1.54) is 0 Å². The van der Waals surface area contributed by atoms with Crippen molar-refractivity contribution in [2.75, 3.05) is 65.3 Å². The highest BCUT2D eigenvalue weighted by Gasteiger charge is 2.27. The number of anilines is 2. The fourth-order valence-electron chi connectivity index (χ4n) is 5.11. The van der Waals surface area contributed by atoms with Crippen LogP contribution in [0.1, 0.15) is 24.5 Å². The van der Waals surface area contributed by atoms with Crippen LogP contribution in [0.15, 0.2) is 48.5 Å². The van der Waals surface area contributed by atoms with Crippen molar-refractivity contribution in [2.45, 2.75) is 18.9 Å². The smallest absolute Gasteiger partial charge is 0.161 e. The number of hydrogen-bond acceptors (Lipinski definition) is 9. The molecule has 2 aromatic heterocycles. The number of hydrogen-bond donors (Lipinski definition) is 0. The van der Waals surface area contributed by atoms with Crippen LogP contribution in [-0.4, -0.2) is 86.4 Å². The summed E-state index contributed by atoms with van der Waals surface area (Å²) in [7, 11) is 11.5. The standard InChI is InChI=1S/C32H38N7O2/c1-37(2)19-17-23-10-9-18-39(23)31-21-26(22-13-14-27(40-5)28(20-22)41-6)34-29(35-31)15-16-30-33-25-12-8-7-11-24(25)32(36-30)38(3)4/h7-8,10-16,20-21,23H,9,17-19H2,1-6H3. The van der Waals surface area contributed by atoms with Crippen LogP contribution in [0, 0.1) is 6.42 Å². The molecule has 0 spiro atoms. The summed E-state index contributed by atoms with van der Waals surface area (Å²) >= 11 is 0. The van der Waals surface area contributed by atoms with Crippen molar-refractivity contribution in [1.29, 1.82) is 0 Å². The molecule has 9 nitrogen and oxygen atoms in total. The van der Waals surface area contributed by atoms with E-state index in [9.17, 15) is 0 Å². The molecule has 9 heteroatoms. The Labute approximate surface area is 242 Å². The van der Waals surface area contributed by atoms with Crippen LogP contribution >= 0.6 is 0 Å². The second-order valence-electron chi connectivity index (χ2n) is 10.6. The molecule has 4 aromatic rings. The van der Waals surface area contributed by atoms with Gasteiger partial charge in [-0.25, -0.2) is 19.9 Å². The molecule has 0 aliphatic carbocycles. The van der Waals surface area contributed by atoms with Gasteiger partial charge in [-0.15, -0.1) is 0 Å². The molecule has 1 saturated heterocycles. The van der Waals surface area contributed by atoms with Gasteiger partial charge in [0.05, 0.1) is 25.4 Å². The van der Waals surface area contributed by atoms with Gasteiger partial charge in [0.25, 0.3) is 0 Å². The summed E-state index contributed by atoms with van der Waals surface area (Å²) < 4.78 is 11.0. The molecular weight excluding hydrogens is 514 g/mol. The summed E-state index contributed by atoms with van der Waals surface area (Å²) in [4.78, 5) is 26.1. The Balaban J connectivity index is 1.56.